The van der Waals surface area contributed by atoms with E-state index in [9.17, 15) is 14.9 Å². The molecule has 2 aromatic rings. The minimum Gasteiger partial charge on any atom is -0.496 e. The van der Waals surface area contributed by atoms with Gasteiger partial charge < -0.3 is 20.1 Å². The van der Waals surface area contributed by atoms with Gasteiger partial charge in [-0.3, -0.25) is 19.9 Å². The first-order valence-electron chi connectivity index (χ1n) is 8.28. The van der Waals surface area contributed by atoms with E-state index in [0.29, 0.717) is 11.4 Å². The number of ether oxygens (including phenoxy) is 2. The van der Waals surface area contributed by atoms with Gasteiger partial charge in [-0.25, -0.2) is 4.98 Å². The molecule has 0 atom stereocenters. The van der Waals surface area contributed by atoms with Gasteiger partial charge in [-0.2, -0.15) is 4.98 Å². The fraction of sp³-hybridized carbons (Fsp3) is 0.412. The Hall–Kier alpha value is -3.50. The summed E-state index contributed by atoms with van der Waals surface area (Å²) >= 11 is 0. The standard InChI is InChI=1S/C17H22N6O5/c1-9-6-19-12(10(2)15(9)28-5)7-22(8-13(24)27-4)16-14(23(25)26)11(3)20-17(18)21-16/h6H,7-8H2,1-5H3,(H2,18,20,21). The van der Waals surface area contributed by atoms with Crippen LogP contribution in [0, 0.1) is 30.9 Å². The summed E-state index contributed by atoms with van der Waals surface area (Å²) in [7, 11) is 2.78. The summed E-state index contributed by atoms with van der Waals surface area (Å²) in [5.41, 5.74) is 7.61. The molecule has 0 saturated heterocycles. The van der Waals surface area contributed by atoms with Crippen LogP contribution in [0.5, 0.6) is 5.75 Å². The second kappa shape index (κ2) is 8.46. The van der Waals surface area contributed by atoms with E-state index in [4.69, 9.17) is 15.2 Å². The molecule has 2 heterocycles. The van der Waals surface area contributed by atoms with Gasteiger partial charge in [-0.05, 0) is 20.8 Å². The average molecular weight is 390 g/mol. The molecule has 2 aromatic heterocycles. The normalized spacial score (nSPS) is 10.5. The molecule has 0 amide bonds. The largest absolute Gasteiger partial charge is 0.496 e. The number of pyridine rings is 1. The summed E-state index contributed by atoms with van der Waals surface area (Å²) in [6.07, 6.45) is 1.63. The van der Waals surface area contributed by atoms with Crippen molar-refractivity contribution in [1.82, 2.24) is 15.0 Å². The SMILES string of the molecule is COC(=O)CN(Cc1ncc(C)c(OC)c1C)c1nc(N)nc(C)c1[N+](=O)[O-]. The van der Waals surface area contributed by atoms with Crippen LogP contribution >= 0.6 is 0 Å². The first-order valence-corrected chi connectivity index (χ1v) is 8.28. The van der Waals surface area contributed by atoms with Crippen LogP contribution in [-0.2, 0) is 16.1 Å². The highest BCUT2D eigenvalue weighted by Gasteiger charge is 2.28. The molecule has 0 aliphatic carbocycles. The van der Waals surface area contributed by atoms with Crippen molar-refractivity contribution < 1.29 is 19.2 Å². The maximum Gasteiger partial charge on any atom is 0.332 e. The summed E-state index contributed by atoms with van der Waals surface area (Å²) < 4.78 is 10.1. The third kappa shape index (κ3) is 4.24. The molecule has 28 heavy (non-hydrogen) atoms. The molecule has 0 unspecified atom stereocenters. The Morgan fingerprint density at radius 2 is 1.96 bits per heavy atom. The van der Waals surface area contributed by atoms with Crippen LogP contribution < -0.4 is 15.4 Å². The lowest BCUT2D eigenvalue weighted by Gasteiger charge is -2.23. The molecule has 0 saturated carbocycles. The Labute approximate surface area is 161 Å². The summed E-state index contributed by atoms with van der Waals surface area (Å²) in [5, 5.41) is 11.6. The molecule has 0 radical (unpaired) electrons. The van der Waals surface area contributed by atoms with Crippen LogP contribution in [0.2, 0.25) is 0 Å². The van der Waals surface area contributed by atoms with E-state index in [1.165, 1.54) is 18.9 Å². The number of methoxy groups -OCH3 is 2. The molecular formula is C17H22N6O5. The summed E-state index contributed by atoms with van der Waals surface area (Å²) in [4.78, 5) is 36.6. The van der Waals surface area contributed by atoms with Gasteiger partial charge in [0, 0.05) is 17.3 Å². The first kappa shape index (κ1) is 20.8. The monoisotopic (exact) mass is 390 g/mol. The van der Waals surface area contributed by atoms with Gasteiger partial charge in [0.1, 0.15) is 18.0 Å². The van der Waals surface area contributed by atoms with Gasteiger partial charge in [0.2, 0.25) is 11.8 Å². The van der Waals surface area contributed by atoms with Crippen molar-refractivity contribution in [2.45, 2.75) is 27.3 Å². The lowest BCUT2D eigenvalue weighted by Crippen LogP contribution is -2.32. The third-order valence-corrected chi connectivity index (χ3v) is 4.18. The highest BCUT2D eigenvalue weighted by molar-refractivity contribution is 5.77. The Balaban J connectivity index is 2.60. The van der Waals surface area contributed by atoms with E-state index in [-0.39, 0.29) is 36.2 Å². The number of rotatable bonds is 7. The lowest BCUT2D eigenvalue weighted by atomic mass is 10.1. The first-order chi connectivity index (χ1) is 13.2. The molecular weight excluding hydrogens is 368 g/mol. The highest BCUT2D eigenvalue weighted by Crippen LogP contribution is 2.32. The topological polar surface area (TPSA) is 147 Å². The Bertz CT molecular complexity index is 917. The molecule has 150 valence electrons. The number of nitro groups is 1. The van der Waals surface area contributed by atoms with Gasteiger partial charge in [-0.15, -0.1) is 0 Å². The molecule has 0 spiro atoms. The molecule has 2 N–H and O–H groups in total. The Morgan fingerprint density at radius 3 is 2.54 bits per heavy atom. The Kier molecular flexibility index (Phi) is 6.29. The molecule has 0 aromatic carbocycles. The van der Waals surface area contributed by atoms with Crippen molar-refractivity contribution in [3.63, 3.8) is 0 Å². The van der Waals surface area contributed by atoms with Gasteiger partial charge in [0.15, 0.2) is 0 Å². The van der Waals surface area contributed by atoms with E-state index >= 15 is 0 Å². The fourth-order valence-corrected chi connectivity index (χ4v) is 2.84. The number of nitrogens with two attached hydrogens (primary N) is 1. The fourth-order valence-electron chi connectivity index (χ4n) is 2.84. The van der Waals surface area contributed by atoms with Gasteiger partial charge in [0.25, 0.3) is 0 Å². The molecule has 0 fully saturated rings. The number of esters is 1. The van der Waals surface area contributed by atoms with Gasteiger partial charge in [0.05, 0.1) is 31.4 Å². The number of aryl methyl sites for hydroxylation is 2. The van der Waals surface area contributed by atoms with E-state index in [1.54, 1.807) is 13.3 Å². The van der Waals surface area contributed by atoms with Crippen molar-refractivity contribution in [3.05, 3.63) is 38.8 Å². The molecule has 11 heteroatoms. The van der Waals surface area contributed by atoms with Crippen LogP contribution in [0.3, 0.4) is 0 Å². The van der Waals surface area contributed by atoms with E-state index in [2.05, 4.69) is 15.0 Å². The van der Waals surface area contributed by atoms with Crippen molar-refractivity contribution in [3.8, 4) is 5.75 Å². The second-order valence-electron chi connectivity index (χ2n) is 6.07. The third-order valence-electron chi connectivity index (χ3n) is 4.18. The summed E-state index contributed by atoms with van der Waals surface area (Å²) in [5.74, 6) is -0.169. The predicted molar refractivity (Wildman–Crippen MR) is 101 cm³/mol. The number of aromatic nitrogens is 3. The number of nitrogens with zero attached hydrogens (tertiary/aromatic N) is 5. The Morgan fingerprint density at radius 1 is 1.29 bits per heavy atom. The summed E-state index contributed by atoms with van der Waals surface area (Å²) in [6.45, 7) is 4.89. The molecule has 0 aliphatic heterocycles. The highest BCUT2D eigenvalue weighted by atomic mass is 16.6. The number of carbonyl (C=O) groups is 1. The van der Waals surface area contributed by atoms with Crippen molar-refractivity contribution in [2.75, 3.05) is 31.4 Å². The zero-order valence-electron chi connectivity index (χ0n) is 16.3. The molecule has 2 rings (SSSR count). The molecule has 0 bridgehead atoms. The van der Waals surface area contributed by atoms with Crippen molar-refractivity contribution in [1.29, 1.82) is 0 Å². The number of nitrogen functional groups attached to an aromatic ring is 1. The number of hydrogen-bond donors (Lipinski definition) is 1. The molecule has 11 nitrogen and oxygen atoms in total. The lowest BCUT2D eigenvalue weighted by molar-refractivity contribution is -0.385. The van der Waals surface area contributed by atoms with E-state index < -0.39 is 10.9 Å². The smallest absolute Gasteiger partial charge is 0.332 e. The minimum absolute atomic E-state index is 0.0499. The number of anilines is 2. The number of carbonyl (C=O) groups excluding carboxylic acids is 1. The predicted octanol–water partition coefficient (Wildman–Crippen LogP) is 1.48. The minimum atomic E-state index is -0.607. The van der Waals surface area contributed by atoms with Crippen LogP contribution in [0.25, 0.3) is 0 Å². The van der Waals surface area contributed by atoms with Crippen LogP contribution in [0.4, 0.5) is 17.5 Å². The van der Waals surface area contributed by atoms with Crippen LogP contribution in [0.15, 0.2) is 6.20 Å². The van der Waals surface area contributed by atoms with E-state index in [0.717, 1.165) is 11.1 Å². The van der Waals surface area contributed by atoms with Gasteiger partial charge in [-0.1, -0.05) is 0 Å². The van der Waals surface area contributed by atoms with Crippen molar-refractivity contribution in [2.24, 2.45) is 0 Å². The van der Waals surface area contributed by atoms with Crippen molar-refractivity contribution >= 4 is 23.4 Å². The maximum absolute atomic E-state index is 11.9. The zero-order chi connectivity index (χ0) is 21.0. The summed E-state index contributed by atoms with van der Waals surface area (Å²) in [6, 6.07) is 0. The van der Waals surface area contributed by atoms with E-state index in [1.807, 2.05) is 13.8 Å². The quantitative estimate of drug-likeness (QED) is 0.419. The van der Waals surface area contributed by atoms with Crippen LogP contribution in [-0.4, -0.2) is 46.6 Å². The molecule has 0 aliphatic rings. The van der Waals surface area contributed by atoms with Gasteiger partial charge >= 0.3 is 11.7 Å². The van der Waals surface area contributed by atoms with Crippen LogP contribution in [0.1, 0.15) is 22.5 Å². The maximum atomic E-state index is 11.9. The second-order valence-corrected chi connectivity index (χ2v) is 6.07. The zero-order valence-corrected chi connectivity index (χ0v) is 16.3. The number of hydrogen-bond acceptors (Lipinski definition) is 10. The average Bonchev–Trinajstić information content (AvgIpc) is 2.62.